The third kappa shape index (κ3) is 9.09. The molecule has 22 heavy (non-hydrogen) atoms. The maximum Gasteiger partial charge on any atom is 0.234 e. The van der Waals surface area contributed by atoms with Crippen LogP contribution in [0.2, 0.25) is 0 Å². The highest BCUT2D eigenvalue weighted by Crippen LogP contribution is 2.33. The number of hydrogen-bond donors (Lipinski definition) is 0. The standard InChI is InChI=1S/C18H36O4/c1-16(2,3)19-21-18(22-20-17(4,5)6)14-12-10-8-7-9-11-13-15-18/h7-15H2,1-6H3. The Hall–Kier alpha value is -0.160. The van der Waals surface area contributed by atoms with Gasteiger partial charge in [-0.15, -0.1) is 0 Å². The second-order valence-electron chi connectivity index (χ2n) is 8.44. The summed E-state index contributed by atoms with van der Waals surface area (Å²) in [4.78, 5) is 22.8. The van der Waals surface area contributed by atoms with Crippen LogP contribution in [0.1, 0.15) is 99.3 Å². The molecule has 1 aliphatic carbocycles. The van der Waals surface area contributed by atoms with Crippen LogP contribution in [0, 0.1) is 0 Å². The molecular weight excluding hydrogens is 280 g/mol. The van der Waals surface area contributed by atoms with Crippen molar-refractivity contribution in [3.8, 4) is 0 Å². The summed E-state index contributed by atoms with van der Waals surface area (Å²) in [6.07, 6.45) is 10.1. The van der Waals surface area contributed by atoms with Crippen molar-refractivity contribution in [1.82, 2.24) is 0 Å². The van der Waals surface area contributed by atoms with Gasteiger partial charge in [-0.05, 0) is 54.4 Å². The quantitative estimate of drug-likeness (QED) is 0.379. The molecule has 0 aromatic carbocycles. The molecule has 0 amide bonds. The first-order valence-electron chi connectivity index (χ1n) is 8.86. The molecule has 1 fully saturated rings. The molecule has 0 heterocycles. The largest absolute Gasteiger partial charge is 0.234 e. The van der Waals surface area contributed by atoms with Gasteiger partial charge >= 0.3 is 0 Å². The zero-order valence-electron chi connectivity index (χ0n) is 15.5. The highest BCUT2D eigenvalue weighted by molar-refractivity contribution is 4.71. The van der Waals surface area contributed by atoms with E-state index in [2.05, 4.69) is 0 Å². The molecule has 132 valence electrons. The Morgan fingerprint density at radius 2 is 0.864 bits per heavy atom. The lowest BCUT2D eigenvalue weighted by Gasteiger charge is -2.36. The number of hydrogen-bond acceptors (Lipinski definition) is 4. The first-order valence-corrected chi connectivity index (χ1v) is 8.86. The molecule has 0 aliphatic heterocycles. The SMILES string of the molecule is CC(C)(C)OOC1(OOC(C)(C)C)CCCCCCCCC1. The molecule has 0 spiro atoms. The highest BCUT2D eigenvalue weighted by Gasteiger charge is 2.38. The van der Waals surface area contributed by atoms with E-state index in [9.17, 15) is 0 Å². The Labute approximate surface area is 136 Å². The third-order valence-corrected chi connectivity index (χ3v) is 3.50. The van der Waals surface area contributed by atoms with Gasteiger partial charge < -0.3 is 0 Å². The Morgan fingerprint density at radius 1 is 0.545 bits per heavy atom. The maximum absolute atomic E-state index is 5.82. The molecule has 0 bridgehead atoms. The van der Waals surface area contributed by atoms with Gasteiger partial charge in [0.2, 0.25) is 5.79 Å². The van der Waals surface area contributed by atoms with Crippen LogP contribution in [0.25, 0.3) is 0 Å². The zero-order chi connectivity index (χ0) is 16.7. The summed E-state index contributed by atoms with van der Waals surface area (Å²) < 4.78 is 0. The summed E-state index contributed by atoms with van der Waals surface area (Å²) in [6, 6.07) is 0. The van der Waals surface area contributed by atoms with E-state index in [0.717, 1.165) is 25.7 Å². The smallest absolute Gasteiger partial charge is 0.228 e. The maximum atomic E-state index is 5.82. The van der Waals surface area contributed by atoms with Crippen molar-refractivity contribution < 1.29 is 19.6 Å². The normalized spacial score (nSPS) is 21.5. The average molecular weight is 316 g/mol. The molecule has 1 aliphatic rings. The second kappa shape index (κ2) is 8.62. The van der Waals surface area contributed by atoms with E-state index in [0.29, 0.717) is 0 Å². The zero-order valence-corrected chi connectivity index (χ0v) is 15.5. The molecule has 4 heteroatoms. The number of rotatable bonds is 4. The van der Waals surface area contributed by atoms with Crippen molar-refractivity contribution in [2.24, 2.45) is 0 Å². The minimum Gasteiger partial charge on any atom is -0.228 e. The van der Waals surface area contributed by atoms with Crippen molar-refractivity contribution in [3.05, 3.63) is 0 Å². The van der Waals surface area contributed by atoms with Crippen molar-refractivity contribution in [3.63, 3.8) is 0 Å². The lowest BCUT2D eigenvalue weighted by atomic mass is 9.97. The van der Waals surface area contributed by atoms with E-state index in [1.54, 1.807) is 0 Å². The molecule has 0 aromatic rings. The summed E-state index contributed by atoms with van der Waals surface area (Å²) in [5.41, 5.74) is -0.735. The van der Waals surface area contributed by atoms with Gasteiger partial charge in [-0.3, -0.25) is 0 Å². The van der Waals surface area contributed by atoms with E-state index in [1.165, 1.54) is 32.1 Å². The van der Waals surface area contributed by atoms with Crippen LogP contribution in [0.5, 0.6) is 0 Å². The predicted octanol–water partition coefficient (Wildman–Crippen LogP) is 5.70. The molecule has 0 saturated heterocycles. The molecule has 0 aromatic heterocycles. The molecule has 0 unspecified atom stereocenters. The van der Waals surface area contributed by atoms with Crippen molar-refractivity contribution in [2.45, 2.75) is 116 Å². The van der Waals surface area contributed by atoms with E-state index in [1.807, 2.05) is 41.5 Å². The topological polar surface area (TPSA) is 36.9 Å². The highest BCUT2D eigenvalue weighted by atomic mass is 17.3. The van der Waals surface area contributed by atoms with Crippen LogP contribution < -0.4 is 0 Å². The average Bonchev–Trinajstić information content (AvgIpc) is 2.40. The minimum absolute atomic E-state index is 0.368. The van der Waals surface area contributed by atoms with Crippen LogP contribution in [-0.2, 0) is 19.6 Å². The van der Waals surface area contributed by atoms with Crippen LogP contribution in [-0.4, -0.2) is 17.0 Å². The van der Waals surface area contributed by atoms with Crippen LogP contribution in [0.3, 0.4) is 0 Å². The van der Waals surface area contributed by atoms with Gasteiger partial charge in [0.25, 0.3) is 0 Å². The van der Waals surface area contributed by atoms with E-state index >= 15 is 0 Å². The Bertz CT molecular complexity index is 271. The van der Waals surface area contributed by atoms with Gasteiger partial charge in [-0.1, -0.05) is 32.1 Å². The molecule has 0 N–H and O–H groups in total. The van der Waals surface area contributed by atoms with Crippen LogP contribution in [0.4, 0.5) is 0 Å². The summed E-state index contributed by atoms with van der Waals surface area (Å²) in [5, 5.41) is 0. The van der Waals surface area contributed by atoms with Gasteiger partial charge in [0, 0.05) is 12.8 Å². The summed E-state index contributed by atoms with van der Waals surface area (Å²) in [7, 11) is 0. The summed E-state index contributed by atoms with van der Waals surface area (Å²) in [6.45, 7) is 11.9. The third-order valence-electron chi connectivity index (χ3n) is 3.50. The van der Waals surface area contributed by atoms with E-state index < -0.39 is 5.79 Å². The van der Waals surface area contributed by atoms with Crippen molar-refractivity contribution >= 4 is 0 Å². The fourth-order valence-electron chi connectivity index (χ4n) is 2.38. The fraction of sp³-hybridized carbons (Fsp3) is 1.00. The van der Waals surface area contributed by atoms with Crippen LogP contribution in [0.15, 0.2) is 0 Å². The minimum atomic E-state index is -0.794. The van der Waals surface area contributed by atoms with Crippen molar-refractivity contribution in [1.29, 1.82) is 0 Å². The first kappa shape index (κ1) is 19.9. The second-order valence-corrected chi connectivity index (χ2v) is 8.44. The summed E-state index contributed by atoms with van der Waals surface area (Å²) >= 11 is 0. The Kier molecular flexibility index (Phi) is 7.80. The van der Waals surface area contributed by atoms with Gasteiger partial charge in [0.1, 0.15) is 0 Å². The summed E-state index contributed by atoms with van der Waals surface area (Å²) in [5.74, 6) is -0.794. The van der Waals surface area contributed by atoms with Gasteiger partial charge in [0.05, 0.1) is 11.2 Å². The lowest BCUT2D eigenvalue weighted by molar-refractivity contribution is -0.544. The fourth-order valence-corrected chi connectivity index (χ4v) is 2.38. The van der Waals surface area contributed by atoms with Crippen LogP contribution >= 0.6 is 0 Å². The van der Waals surface area contributed by atoms with Crippen molar-refractivity contribution in [2.75, 3.05) is 0 Å². The van der Waals surface area contributed by atoms with Gasteiger partial charge in [-0.2, -0.15) is 9.78 Å². The Balaban J connectivity index is 2.74. The first-order chi connectivity index (χ1) is 10.1. The Morgan fingerprint density at radius 3 is 1.18 bits per heavy atom. The molecule has 0 atom stereocenters. The van der Waals surface area contributed by atoms with E-state index in [4.69, 9.17) is 19.6 Å². The monoisotopic (exact) mass is 316 g/mol. The van der Waals surface area contributed by atoms with E-state index in [-0.39, 0.29) is 11.2 Å². The molecule has 0 radical (unpaired) electrons. The molecule has 4 nitrogen and oxygen atoms in total. The van der Waals surface area contributed by atoms with Gasteiger partial charge in [-0.25, -0.2) is 9.78 Å². The molecule has 1 saturated carbocycles. The molecular formula is C18H36O4. The lowest BCUT2D eigenvalue weighted by Crippen LogP contribution is -2.41. The molecule has 1 rings (SSSR count). The predicted molar refractivity (Wildman–Crippen MR) is 88.1 cm³/mol. The van der Waals surface area contributed by atoms with Gasteiger partial charge in [0.15, 0.2) is 0 Å².